The molecule has 1 unspecified atom stereocenters. The van der Waals surface area contributed by atoms with Gasteiger partial charge in [-0.25, -0.2) is 4.39 Å². The topological polar surface area (TPSA) is 12.0 Å². The largest absolute Gasteiger partial charge is 0.310 e. The fraction of sp³-hybridized carbons (Fsp3) is 0.294. The van der Waals surface area contributed by atoms with Crippen LogP contribution in [0.2, 0.25) is 10.0 Å². The first kappa shape index (κ1) is 16.3. The molecule has 0 aromatic heterocycles. The Hall–Kier alpha value is -1.09. The number of halogens is 3. The number of benzene rings is 2. The molecule has 0 bridgehead atoms. The Morgan fingerprint density at radius 3 is 2.57 bits per heavy atom. The Kier molecular flexibility index (Phi) is 5.63. The first-order valence-electron chi connectivity index (χ1n) is 6.94. The van der Waals surface area contributed by atoms with E-state index in [4.69, 9.17) is 23.2 Å². The standard InChI is InChI=1S/C17H18Cl2FN/c1-3-21-17(15-10-14(20)7-4-11(15)2)8-12-5-6-13(18)9-16(12)19/h4-7,9-10,17,21H,3,8H2,1-2H3. The zero-order valence-corrected chi connectivity index (χ0v) is 13.6. The van der Waals surface area contributed by atoms with Gasteiger partial charge in [0.1, 0.15) is 5.82 Å². The highest BCUT2D eigenvalue weighted by molar-refractivity contribution is 6.35. The van der Waals surface area contributed by atoms with Crippen LogP contribution in [0.1, 0.15) is 29.7 Å². The fourth-order valence-corrected chi connectivity index (χ4v) is 2.92. The van der Waals surface area contributed by atoms with Crippen LogP contribution in [-0.2, 0) is 6.42 Å². The van der Waals surface area contributed by atoms with Gasteiger partial charge in [-0.2, -0.15) is 0 Å². The second-order valence-corrected chi connectivity index (χ2v) is 5.89. The van der Waals surface area contributed by atoms with Crippen molar-refractivity contribution >= 4 is 23.2 Å². The summed E-state index contributed by atoms with van der Waals surface area (Å²) < 4.78 is 13.5. The van der Waals surface area contributed by atoms with Crippen LogP contribution in [-0.4, -0.2) is 6.54 Å². The maximum Gasteiger partial charge on any atom is 0.123 e. The van der Waals surface area contributed by atoms with Gasteiger partial charge in [0, 0.05) is 16.1 Å². The number of likely N-dealkylation sites (N-methyl/N-ethyl adjacent to an activating group) is 1. The number of nitrogens with one attached hydrogen (secondary N) is 1. The van der Waals surface area contributed by atoms with E-state index in [9.17, 15) is 4.39 Å². The predicted octanol–water partition coefficient (Wildman–Crippen LogP) is 5.33. The fourth-order valence-electron chi connectivity index (χ4n) is 2.43. The Balaban J connectivity index is 2.32. The van der Waals surface area contributed by atoms with E-state index in [1.807, 2.05) is 26.0 Å². The molecule has 0 radical (unpaired) electrons. The van der Waals surface area contributed by atoms with Crippen LogP contribution in [0.25, 0.3) is 0 Å². The summed E-state index contributed by atoms with van der Waals surface area (Å²) in [4.78, 5) is 0. The summed E-state index contributed by atoms with van der Waals surface area (Å²) in [6.07, 6.45) is 0.689. The van der Waals surface area contributed by atoms with Crippen molar-refractivity contribution in [2.45, 2.75) is 26.3 Å². The van der Waals surface area contributed by atoms with Crippen LogP contribution < -0.4 is 5.32 Å². The monoisotopic (exact) mass is 325 g/mol. The van der Waals surface area contributed by atoms with E-state index >= 15 is 0 Å². The van der Waals surface area contributed by atoms with E-state index in [1.54, 1.807) is 18.2 Å². The van der Waals surface area contributed by atoms with Crippen molar-refractivity contribution in [3.8, 4) is 0 Å². The lowest BCUT2D eigenvalue weighted by Crippen LogP contribution is -2.24. The smallest absolute Gasteiger partial charge is 0.123 e. The minimum Gasteiger partial charge on any atom is -0.310 e. The molecule has 0 amide bonds. The van der Waals surface area contributed by atoms with Crippen molar-refractivity contribution in [1.29, 1.82) is 0 Å². The second kappa shape index (κ2) is 7.26. The molecule has 0 aliphatic rings. The molecule has 112 valence electrons. The molecule has 21 heavy (non-hydrogen) atoms. The molecule has 0 heterocycles. The van der Waals surface area contributed by atoms with Crippen molar-refractivity contribution < 1.29 is 4.39 Å². The van der Waals surface area contributed by atoms with Gasteiger partial charge < -0.3 is 5.32 Å². The average Bonchev–Trinajstić information content (AvgIpc) is 2.44. The molecule has 2 rings (SSSR count). The highest BCUT2D eigenvalue weighted by atomic mass is 35.5. The van der Waals surface area contributed by atoms with Gasteiger partial charge in [0.15, 0.2) is 0 Å². The first-order chi connectivity index (χ1) is 10.0. The molecule has 0 aliphatic heterocycles. The van der Waals surface area contributed by atoms with E-state index in [0.29, 0.717) is 16.5 Å². The van der Waals surface area contributed by atoms with E-state index in [1.165, 1.54) is 6.07 Å². The van der Waals surface area contributed by atoms with E-state index < -0.39 is 0 Å². The molecular weight excluding hydrogens is 308 g/mol. The molecule has 1 N–H and O–H groups in total. The third-order valence-corrected chi connectivity index (χ3v) is 4.09. The molecule has 0 aliphatic carbocycles. The lowest BCUT2D eigenvalue weighted by Gasteiger charge is -2.21. The molecule has 2 aromatic rings. The SMILES string of the molecule is CCNC(Cc1ccc(Cl)cc1Cl)c1cc(F)ccc1C. The summed E-state index contributed by atoms with van der Waals surface area (Å²) in [7, 11) is 0. The maximum atomic E-state index is 13.5. The number of aryl methyl sites for hydroxylation is 1. The van der Waals surface area contributed by atoms with Crippen molar-refractivity contribution in [2.24, 2.45) is 0 Å². The minimum absolute atomic E-state index is 0.0179. The van der Waals surface area contributed by atoms with Gasteiger partial charge in [-0.05, 0) is 60.8 Å². The van der Waals surface area contributed by atoms with Gasteiger partial charge in [-0.3, -0.25) is 0 Å². The summed E-state index contributed by atoms with van der Waals surface area (Å²) in [6.45, 7) is 4.82. The van der Waals surface area contributed by atoms with Crippen molar-refractivity contribution in [1.82, 2.24) is 5.32 Å². The van der Waals surface area contributed by atoms with Crippen LogP contribution in [0.3, 0.4) is 0 Å². The number of hydrogen-bond donors (Lipinski definition) is 1. The molecule has 0 fully saturated rings. The molecule has 1 nitrogen and oxygen atoms in total. The van der Waals surface area contributed by atoms with Crippen LogP contribution in [0.4, 0.5) is 4.39 Å². The Morgan fingerprint density at radius 1 is 1.14 bits per heavy atom. The number of rotatable bonds is 5. The van der Waals surface area contributed by atoms with E-state index in [-0.39, 0.29) is 11.9 Å². The Morgan fingerprint density at radius 2 is 1.90 bits per heavy atom. The highest BCUT2D eigenvalue weighted by Gasteiger charge is 2.16. The first-order valence-corrected chi connectivity index (χ1v) is 7.70. The van der Waals surface area contributed by atoms with E-state index in [0.717, 1.165) is 23.2 Å². The van der Waals surface area contributed by atoms with Crippen LogP contribution in [0.5, 0.6) is 0 Å². The molecule has 0 saturated heterocycles. The van der Waals surface area contributed by atoms with Crippen LogP contribution in [0, 0.1) is 12.7 Å². The van der Waals surface area contributed by atoms with Crippen molar-refractivity contribution in [3.63, 3.8) is 0 Å². The summed E-state index contributed by atoms with van der Waals surface area (Å²) in [5, 5.41) is 4.65. The Bertz CT molecular complexity index is 628. The van der Waals surface area contributed by atoms with Gasteiger partial charge in [0.25, 0.3) is 0 Å². The minimum atomic E-state index is -0.222. The third-order valence-electron chi connectivity index (χ3n) is 3.51. The predicted molar refractivity (Wildman–Crippen MR) is 87.7 cm³/mol. The quantitative estimate of drug-likeness (QED) is 0.782. The summed E-state index contributed by atoms with van der Waals surface area (Å²) in [5.41, 5.74) is 3.02. The summed E-state index contributed by atoms with van der Waals surface area (Å²) in [5.74, 6) is -0.222. The zero-order chi connectivity index (χ0) is 15.4. The third kappa shape index (κ3) is 4.19. The molecule has 4 heteroatoms. The average molecular weight is 326 g/mol. The van der Waals surface area contributed by atoms with Crippen molar-refractivity contribution in [2.75, 3.05) is 6.54 Å². The molecule has 1 atom stereocenters. The van der Waals surface area contributed by atoms with Gasteiger partial charge in [-0.1, -0.05) is 42.3 Å². The van der Waals surface area contributed by atoms with Gasteiger partial charge >= 0.3 is 0 Å². The molecule has 2 aromatic carbocycles. The maximum absolute atomic E-state index is 13.5. The molecule has 0 spiro atoms. The van der Waals surface area contributed by atoms with Gasteiger partial charge in [0.05, 0.1) is 0 Å². The lowest BCUT2D eigenvalue weighted by molar-refractivity contribution is 0.540. The second-order valence-electron chi connectivity index (χ2n) is 5.05. The lowest BCUT2D eigenvalue weighted by atomic mass is 9.95. The van der Waals surface area contributed by atoms with Gasteiger partial charge in [0.2, 0.25) is 0 Å². The van der Waals surface area contributed by atoms with Crippen molar-refractivity contribution in [3.05, 3.63) is 69.0 Å². The highest BCUT2D eigenvalue weighted by Crippen LogP contribution is 2.28. The normalized spacial score (nSPS) is 12.4. The summed E-state index contributed by atoms with van der Waals surface area (Å²) in [6, 6.07) is 10.4. The van der Waals surface area contributed by atoms with Crippen LogP contribution >= 0.6 is 23.2 Å². The summed E-state index contributed by atoms with van der Waals surface area (Å²) >= 11 is 12.2. The van der Waals surface area contributed by atoms with E-state index in [2.05, 4.69) is 5.32 Å². The zero-order valence-electron chi connectivity index (χ0n) is 12.1. The van der Waals surface area contributed by atoms with Crippen LogP contribution in [0.15, 0.2) is 36.4 Å². The molecular formula is C17H18Cl2FN. The van der Waals surface area contributed by atoms with Gasteiger partial charge in [-0.15, -0.1) is 0 Å². The number of hydrogen-bond acceptors (Lipinski definition) is 1. The Labute approximate surface area is 135 Å². The molecule has 0 saturated carbocycles.